The molecule has 0 fully saturated rings. The third-order valence-electron chi connectivity index (χ3n) is 2.33. The third-order valence-corrected chi connectivity index (χ3v) is 2.33. The number of rotatable bonds is 9. The summed E-state index contributed by atoms with van der Waals surface area (Å²) in [5.41, 5.74) is -0.649. The average molecular weight is 287 g/mol. The molecule has 0 bridgehead atoms. The SMILES string of the molecule is CC(C)(C)OC(=O)NC(CCCCNCC=N)C(=O)O. The molecule has 0 spiro atoms. The Morgan fingerprint density at radius 1 is 1.35 bits per heavy atom. The van der Waals surface area contributed by atoms with E-state index >= 15 is 0 Å². The van der Waals surface area contributed by atoms with Gasteiger partial charge in [0.15, 0.2) is 0 Å². The van der Waals surface area contributed by atoms with Crippen LogP contribution in [0.2, 0.25) is 0 Å². The van der Waals surface area contributed by atoms with Crippen molar-refractivity contribution >= 4 is 18.3 Å². The van der Waals surface area contributed by atoms with Crippen LogP contribution in [0.15, 0.2) is 0 Å². The van der Waals surface area contributed by atoms with Crippen molar-refractivity contribution < 1.29 is 19.4 Å². The number of carboxylic acids is 1. The predicted octanol–water partition coefficient (Wildman–Crippen LogP) is 1.37. The molecule has 0 aliphatic rings. The fourth-order valence-electron chi connectivity index (χ4n) is 1.48. The van der Waals surface area contributed by atoms with Gasteiger partial charge in [0.1, 0.15) is 11.6 Å². The number of carboxylic acid groups (broad SMARTS) is 1. The normalized spacial score (nSPS) is 12.6. The first-order valence-corrected chi connectivity index (χ1v) is 6.68. The molecule has 0 heterocycles. The van der Waals surface area contributed by atoms with Gasteiger partial charge in [-0.1, -0.05) is 0 Å². The number of hydrogen-bond acceptors (Lipinski definition) is 5. The van der Waals surface area contributed by atoms with Gasteiger partial charge in [-0.15, -0.1) is 0 Å². The third kappa shape index (κ3) is 10.3. The maximum Gasteiger partial charge on any atom is 0.408 e. The van der Waals surface area contributed by atoms with Gasteiger partial charge in [-0.3, -0.25) is 0 Å². The van der Waals surface area contributed by atoms with Crippen LogP contribution < -0.4 is 10.6 Å². The minimum atomic E-state index is -1.07. The van der Waals surface area contributed by atoms with E-state index in [0.717, 1.165) is 6.42 Å². The van der Waals surface area contributed by atoms with Crippen LogP contribution in [-0.4, -0.2) is 48.1 Å². The van der Waals surface area contributed by atoms with E-state index in [2.05, 4.69) is 10.6 Å². The number of carbonyl (C=O) groups is 2. The molecule has 0 radical (unpaired) electrons. The van der Waals surface area contributed by atoms with Crippen molar-refractivity contribution in [2.24, 2.45) is 0 Å². The quantitative estimate of drug-likeness (QED) is 0.378. The van der Waals surface area contributed by atoms with Gasteiger partial charge < -0.3 is 25.9 Å². The maximum absolute atomic E-state index is 11.5. The lowest BCUT2D eigenvalue weighted by Crippen LogP contribution is -2.43. The molecular weight excluding hydrogens is 262 g/mol. The lowest BCUT2D eigenvalue weighted by molar-refractivity contribution is -0.139. The average Bonchev–Trinajstić information content (AvgIpc) is 2.29. The van der Waals surface area contributed by atoms with Crippen molar-refractivity contribution in [3.8, 4) is 0 Å². The Balaban J connectivity index is 4.02. The lowest BCUT2D eigenvalue weighted by Gasteiger charge is -2.22. The molecule has 7 nitrogen and oxygen atoms in total. The van der Waals surface area contributed by atoms with Gasteiger partial charge >= 0.3 is 12.1 Å². The summed E-state index contributed by atoms with van der Waals surface area (Å²) in [6, 6.07) is -0.937. The van der Waals surface area contributed by atoms with Crippen LogP contribution >= 0.6 is 0 Å². The Bertz CT molecular complexity index is 326. The van der Waals surface area contributed by atoms with Crippen LogP contribution in [0.4, 0.5) is 4.79 Å². The molecule has 0 aliphatic carbocycles. The first kappa shape index (κ1) is 18.4. The molecule has 1 unspecified atom stereocenters. The second-order valence-electron chi connectivity index (χ2n) is 5.44. The van der Waals surface area contributed by atoms with Crippen molar-refractivity contribution in [1.29, 1.82) is 5.41 Å². The van der Waals surface area contributed by atoms with E-state index in [1.807, 2.05) is 0 Å². The second kappa shape index (κ2) is 9.30. The summed E-state index contributed by atoms with van der Waals surface area (Å²) in [7, 11) is 0. The summed E-state index contributed by atoms with van der Waals surface area (Å²) in [5, 5.41) is 21.2. The second-order valence-corrected chi connectivity index (χ2v) is 5.44. The summed E-state index contributed by atoms with van der Waals surface area (Å²) in [6.07, 6.45) is 2.35. The first-order chi connectivity index (χ1) is 9.26. The van der Waals surface area contributed by atoms with Gasteiger partial charge in [0.2, 0.25) is 0 Å². The summed E-state index contributed by atoms with van der Waals surface area (Å²) >= 11 is 0. The minimum absolute atomic E-state index is 0.348. The zero-order valence-electron chi connectivity index (χ0n) is 12.4. The van der Waals surface area contributed by atoms with Gasteiger partial charge in [-0.25, -0.2) is 9.59 Å². The van der Waals surface area contributed by atoms with Crippen LogP contribution in [0, 0.1) is 5.41 Å². The van der Waals surface area contributed by atoms with E-state index in [0.29, 0.717) is 25.9 Å². The zero-order chi connectivity index (χ0) is 15.6. The molecule has 0 aliphatic heterocycles. The number of alkyl carbamates (subject to hydrolysis) is 1. The monoisotopic (exact) mass is 287 g/mol. The summed E-state index contributed by atoms with van der Waals surface area (Å²) in [5.74, 6) is -1.07. The van der Waals surface area contributed by atoms with Crippen molar-refractivity contribution in [1.82, 2.24) is 10.6 Å². The summed E-state index contributed by atoms with van der Waals surface area (Å²) in [4.78, 5) is 22.6. The molecule has 0 aromatic heterocycles. The molecule has 20 heavy (non-hydrogen) atoms. The molecule has 0 saturated carbocycles. The minimum Gasteiger partial charge on any atom is -0.480 e. The molecular formula is C13H25N3O4. The number of unbranched alkanes of at least 4 members (excludes halogenated alkanes) is 1. The highest BCUT2D eigenvalue weighted by atomic mass is 16.6. The summed E-state index contributed by atoms with van der Waals surface area (Å²) in [6.45, 7) is 6.39. The van der Waals surface area contributed by atoms with Crippen LogP contribution in [0.1, 0.15) is 40.0 Å². The predicted molar refractivity (Wildman–Crippen MR) is 76.3 cm³/mol. The topological polar surface area (TPSA) is 112 Å². The molecule has 4 N–H and O–H groups in total. The van der Waals surface area contributed by atoms with Crippen molar-refractivity contribution in [2.45, 2.75) is 51.7 Å². The molecule has 116 valence electrons. The molecule has 1 amide bonds. The van der Waals surface area contributed by atoms with Crippen LogP contribution in [0.5, 0.6) is 0 Å². The Kier molecular flexibility index (Phi) is 8.54. The first-order valence-electron chi connectivity index (χ1n) is 6.68. The highest BCUT2D eigenvalue weighted by Crippen LogP contribution is 2.08. The van der Waals surface area contributed by atoms with Gasteiger partial charge in [-0.05, 0) is 46.6 Å². The van der Waals surface area contributed by atoms with Crippen molar-refractivity contribution in [3.63, 3.8) is 0 Å². The van der Waals surface area contributed by atoms with Crippen LogP contribution in [0.25, 0.3) is 0 Å². The van der Waals surface area contributed by atoms with Crippen LogP contribution in [-0.2, 0) is 9.53 Å². The molecule has 1 atom stereocenters. The number of amides is 1. The van der Waals surface area contributed by atoms with E-state index in [9.17, 15) is 9.59 Å². The smallest absolute Gasteiger partial charge is 0.408 e. The number of aliphatic carboxylic acids is 1. The van der Waals surface area contributed by atoms with E-state index in [-0.39, 0.29) is 0 Å². The standard InChI is InChI=1S/C13H25N3O4/c1-13(2,3)20-12(19)16-10(11(17)18)6-4-5-8-15-9-7-14/h7,10,14-15H,4-6,8-9H2,1-3H3,(H,16,19)(H,17,18). The van der Waals surface area contributed by atoms with E-state index < -0.39 is 23.7 Å². The highest BCUT2D eigenvalue weighted by molar-refractivity contribution is 5.79. The van der Waals surface area contributed by atoms with E-state index in [1.165, 1.54) is 6.21 Å². The Morgan fingerprint density at radius 3 is 2.50 bits per heavy atom. The molecule has 0 saturated heterocycles. The molecule has 0 rings (SSSR count). The molecule has 0 aromatic carbocycles. The summed E-state index contributed by atoms with van der Waals surface area (Å²) < 4.78 is 5.03. The lowest BCUT2D eigenvalue weighted by atomic mass is 10.1. The number of nitrogens with one attached hydrogen (secondary N) is 3. The van der Waals surface area contributed by atoms with Crippen LogP contribution in [0.3, 0.4) is 0 Å². The van der Waals surface area contributed by atoms with Gasteiger partial charge in [0.25, 0.3) is 0 Å². The van der Waals surface area contributed by atoms with Gasteiger partial charge in [-0.2, -0.15) is 0 Å². The van der Waals surface area contributed by atoms with E-state index in [4.69, 9.17) is 15.3 Å². The Morgan fingerprint density at radius 2 is 2.00 bits per heavy atom. The fraction of sp³-hybridized carbons (Fsp3) is 0.769. The number of carbonyl (C=O) groups excluding carboxylic acids is 1. The number of ether oxygens (including phenoxy) is 1. The number of hydrogen-bond donors (Lipinski definition) is 4. The largest absolute Gasteiger partial charge is 0.480 e. The zero-order valence-corrected chi connectivity index (χ0v) is 12.4. The maximum atomic E-state index is 11.5. The van der Waals surface area contributed by atoms with E-state index in [1.54, 1.807) is 20.8 Å². The molecule has 7 heteroatoms. The van der Waals surface area contributed by atoms with Gasteiger partial charge in [0.05, 0.1) is 0 Å². The Labute approximate surface area is 119 Å². The van der Waals surface area contributed by atoms with Crippen molar-refractivity contribution in [2.75, 3.05) is 13.1 Å². The van der Waals surface area contributed by atoms with Crippen molar-refractivity contribution in [3.05, 3.63) is 0 Å². The Hall–Kier alpha value is -1.63. The molecule has 0 aromatic rings. The fourth-order valence-corrected chi connectivity index (χ4v) is 1.48. The van der Waals surface area contributed by atoms with Gasteiger partial charge in [0, 0.05) is 12.8 Å². The highest BCUT2D eigenvalue weighted by Gasteiger charge is 2.23.